The van der Waals surface area contributed by atoms with E-state index >= 15 is 0 Å². The quantitative estimate of drug-likeness (QED) is 0.802. The average molecular weight is 342 g/mol. The Morgan fingerprint density at radius 2 is 1.95 bits per heavy atom. The van der Waals surface area contributed by atoms with E-state index in [0.29, 0.717) is 22.9 Å². The van der Waals surface area contributed by atoms with Crippen molar-refractivity contribution >= 4 is 29.3 Å². The maximum atomic E-state index is 13.0. The molecule has 0 radical (unpaired) electrons. The van der Waals surface area contributed by atoms with Gasteiger partial charge in [0, 0.05) is 16.5 Å². The maximum Gasteiger partial charge on any atom is 0.230 e. The molecular weight excluding hydrogens is 328 g/mol. The molecule has 116 valence electrons. The van der Waals surface area contributed by atoms with Crippen LogP contribution >= 0.6 is 23.4 Å². The summed E-state index contributed by atoms with van der Waals surface area (Å²) < 4.78 is 25.8. The number of carbonyl (C=O) groups excluding carboxylic acids is 1. The Balaban J connectivity index is 1.72. The van der Waals surface area contributed by atoms with Gasteiger partial charge in [-0.05, 0) is 42.3 Å². The molecule has 22 heavy (non-hydrogen) atoms. The molecule has 6 heteroatoms. The first-order valence-corrected chi connectivity index (χ1v) is 8.00. The largest absolute Gasteiger partial charge is 0.355 e. The van der Waals surface area contributed by atoms with Crippen LogP contribution in [-0.2, 0) is 11.2 Å². The van der Waals surface area contributed by atoms with Gasteiger partial charge in [0.05, 0.1) is 5.75 Å². The fourth-order valence-corrected chi connectivity index (χ4v) is 2.77. The van der Waals surface area contributed by atoms with Gasteiger partial charge in [0.15, 0.2) is 11.6 Å². The van der Waals surface area contributed by atoms with Crippen LogP contribution in [0.25, 0.3) is 0 Å². The number of thioether (sulfide) groups is 1. The molecule has 1 amide bonds. The number of halogens is 3. The highest BCUT2D eigenvalue weighted by molar-refractivity contribution is 8.00. The Labute approximate surface area is 136 Å². The number of hydrogen-bond acceptors (Lipinski definition) is 2. The first-order valence-electron chi connectivity index (χ1n) is 6.63. The van der Waals surface area contributed by atoms with Crippen molar-refractivity contribution in [3.63, 3.8) is 0 Å². The molecule has 0 aliphatic heterocycles. The highest BCUT2D eigenvalue weighted by Gasteiger charge is 2.06. The minimum atomic E-state index is -0.911. The second-order valence-corrected chi connectivity index (χ2v) is 6.08. The highest BCUT2D eigenvalue weighted by Crippen LogP contribution is 2.20. The molecule has 2 aromatic rings. The van der Waals surface area contributed by atoms with Crippen molar-refractivity contribution in [2.75, 3.05) is 12.3 Å². The third-order valence-electron chi connectivity index (χ3n) is 2.89. The summed E-state index contributed by atoms with van der Waals surface area (Å²) in [5.74, 6) is -1.81. The summed E-state index contributed by atoms with van der Waals surface area (Å²) in [7, 11) is 0. The van der Waals surface area contributed by atoms with Gasteiger partial charge in [-0.3, -0.25) is 4.79 Å². The van der Waals surface area contributed by atoms with Gasteiger partial charge < -0.3 is 5.32 Å². The van der Waals surface area contributed by atoms with Crippen molar-refractivity contribution in [3.8, 4) is 0 Å². The van der Waals surface area contributed by atoms with E-state index in [-0.39, 0.29) is 11.7 Å². The lowest BCUT2D eigenvalue weighted by Gasteiger charge is -2.06. The molecular formula is C16H14ClF2NOS. The van der Waals surface area contributed by atoms with Crippen LogP contribution in [-0.4, -0.2) is 18.2 Å². The third-order valence-corrected chi connectivity index (χ3v) is 4.11. The standard InChI is InChI=1S/C16H14ClF2NOS/c17-12-3-1-2-11(8-12)6-7-20-16(21)10-22-13-4-5-14(18)15(19)9-13/h1-5,8-9H,6-7,10H2,(H,20,21). The fourth-order valence-electron chi connectivity index (χ4n) is 1.81. The zero-order valence-electron chi connectivity index (χ0n) is 11.6. The van der Waals surface area contributed by atoms with Gasteiger partial charge in [0.2, 0.25) is 5.91 Å². The smallest absolute Gasteiger partial charge is 0.230 e. The lowest BCUT2D eigenvalue weighted by atomic mass is 10.1. The zero-order valence-corrected chi connectivity index (χ0v) is 13.2. The molecule has 0 spiro atoms. The molecule has 0 heterocycles. The molecule has 2 aromatic carbocycles. The van der Waals surface area contributed by atoms with Gasteiger partial charge in [0.1, 0.15) is 0 Å². The van der Waals surface area contributed by atoms with E-state index in [1.54, 1.807) is 6.07 Å². The monoisotopic (exact) mass is 341 g/mol. The molecule has 0 fully saturated rings. The van der Waals surface area contributed by atoms with E-state index in [4.69, 9.17) is 11.6 Å². The van der Waals surface area contributed by atoms with Crippen LogP contribution in [0.15, 0.2) is 47.4 Å². The van der Waals surface area contributed by atoms with Crippen molar-refractivity contribution in [1.82, 2.24) is 5.32 Å². The van der Waals surface area contributed by atoms with E-state index in [1.165, 1.54) is 6.07 Å². The van der Waals surface area contributed by atoms with Crippen molar-refractivity contribution in [3.05, 3.63) is 64.7 Å². The minimum absolute atomic E-state index is 0.153. The van der Waals surface area contributed by atoms with Crippen LogP contribution in [0, 0.1) is 11.6 Å². The van der Waals surface area contributed by atoms with Crippen LogP contribution in [0.1, 0.15) is 5.56 Å². The zero-order chi connectivity index (χ0) is 15.9. The molecule has 0 unspecified atom stereocenters. The predicted molar refractivity (Wildman–Crippen MR) is 85.2 cm³/mol. The molecule has 0 aliphatic rings. The molecule has 0 aromatic heterocycles. The molecule has 0 bridgehead atoms. The lowest BCUT2D eigenvalue weighted by molar-refractivity contribution is -0.118. The van der Waals surface area contributed by atoms with Crippen molar-refractivity contribution in [2.24, 2.45) is 0 Å². The number of benzene rings is 2. The summed E-state index contributed by atoms with van der Waals surface area (Å²) in [6.07, 6.45) is 0.683. The molecule has 0 atom stereocenters. The lowest BCUT2D eigenvalue weighted by Crippen LogP contribution is -2.27. The average Bonchev–Trinajstić information content (AvgIpc) is 2.48. The number of rotatable bonds is 6. The summed E-state index contributed by atoms with van der Waals surface area (Å²) in [4.78, 5) is 12.2. The Morgan fingerprint density at radius 3 is 2.68 bits per heavy atom. The molecule has 2 nitrogen and oxygen atoms in total. The second kappa shape index (κ2) is 8.15. The Kier molecular flexibility index (Phi) is 6.21. The summed E-state index contributed by atoms with van der Waals surface area (Å²) in [5, 5.41) is 3.44. The Bertz CT molecular complexity index is 666. The molecule has 0 saturated carbocycles. The van der Waals surface area contributed by atoms with E-state index in [9.17, 15) is 13.6 Å². The first-order chi connectivity index (χ1) is 10.5. The van der Waals surface area contributed by atoms with Crippen LogP contribution in [0.2, 0.25) is 5.02 Å². The Hall–Kier alpha value is -1.59. The Morgan fingerprint density at radius 1 is 1.14 bits per heavy atom. The van der Waals surface area contributed by atoms with E-state index in [1.807, 2.05) is 18.2 Å². The van der Waals surface area contributed by atoms with Crippen molar-refractivity contribution in [1.29, 1.82) is 0 Å². The van der Waals surface area contributed by atoms with Crippen molar-refractivity contribution < 1.29 is 13.6 Å². The number of carbonyl (C=O) groups is 1. The normalized spacial score (nSPS) is 10.5. The van der Waals surface area contributed by atoms with E-state index in [2.05, 4.69) is 5.32 Å². The van der Waals surface area contributed by atoms with Gasteiger partial charge in [0.25, 0.3) is 0 Å². The van der Waals surface area contributed by atoms with Gasteiger partial charge in [-0.25, -0.2) is 8.78 Å². The van der Waals surface area contributed by atoms with E-state index < -0.39 is 11.6 Å². The summed E-state index contributed by atoms with van der Waals surface area (Å²) in [6, 6.07) is 11.0. The van der Waals surface area contributed by atoms with Crippen molar-refractivity contribution in [2.45, 2.75) is 11.3 Å². The van der Waals surface area contributed by atoms with Crippen LogP contribution in [0.3, 0.4) is 0 Å². The third kappa shape index (κ3) is 5.31. The first kappa shape index (κ1) is 16.8. The van der Waals surface area contributed by atoms with E-state index in [0.717, 1.165) is 29.5 Å². The number of hydrogen-bond donors (Lipinski definition) is 1. The minimum Gasteiger partial charge on any atom is -0.355 e. The summed E-state index contributed by atoms with van der Waals surface area (Å²) in [5.41, 5.74) is 1.04. The predicted octanol–water partition coefficient (Wildman–Crippen LogP) is 4.07. The van der Waals surface area contributed by atoms with Gasteiger partial charge >= 0.3 is 0 Å². The molecule has 1 N–H and O–H groups in total. The molecule has 2 rings (SSSR count). The fraction of sp³-hybridized carbons (Fsp3) is 0.188. The highest BCUT2D eigenvalue weighted by atomic mass is 35.5. The summed E-state index contributed by atoms with van der Waals surface area (Å²) in [6.45, 7) is 0.498. The van der Waals surface area contributed by atoms with Gasteiger partial charge in [-0.1, -0.05) is 23.7 Å². The molecule has 0 aliphatic carbocycles. The number of nitrogens with one attached hydrogen (secondary N) is 1. The van der Waals surface area contributed by atoms with Gasteiger partial charge in [-0.2, -0.15) is 0 Å². The summed E-state index contributed by atoms with van der Waals surface area (Å²) >= 11 is 7.04. The van der Waals surface area contributed by atoms with Crippen LogP contribution < -0.4 is 5.32 Å². The number of amides is 1. The maximum absolute atomic E-state index is 13.0. The van der Waals surface area contributed by atoms with Crippen LogP contribution in [0.5, 0.6) is 0 Å². The van der Waals surface area contributed by atoms with Crippen LogP contribution in [0.4, 0.5) is 8.78 Å². The van der Waals surface area contributed by atoms with Gasteiger partial charge in [-0.15, -0.1) is 11.8 Å². The second-order valence-electron chi connectivity index (χ2n) is 4.59. The molecule has 0 saturated heterocycles. The SMILES string of the molecule is O=C(CSc1ccc(F)c(F)c1)NCCc1cccc(Cl)c1. The topological polar surface area (TPSA) is 29.1 Å².